The number of rotatable bonds is 11. The van der Waals surface area contributed by atoms with Crippen LogP contribution in [-0.2, 0) is 0 Å². The van der Waals surface area contributed by atoms with Crippen molar-refractivity contribution in [1.82, 2.24) is 19.8 Å². The molecule has 1 aromatic heterocycles. The Balaban J connectivity index is 1.63. The van der Waals surface area contributed by atoms with Crippen LogP contribution in [0.5, 0.6) is 17.2 Å². The molecule has 0 spiro atoms. The molecular weight excluding hydrogens is 436 g/mol. The SMILES string of the molecule is CCN(CC)CCN1CCN(c2cc(C(=O)Nc3cc(OC)c(OC)c(OC)c3)ncn2)CC1. The maximum absolute atomic E-state index is 12.9. The summed E-state index contributed by atoms with van der Waals surface area (Å²) < 4.78 is 16.1. The first-order valence-corrected chi connectivity index (χ1v) is 11.7. The number of carbonyl (C=O) groups is 1. The molecular formula is C24H36N6O4. The topological polar surface area (TPSA) is 92.3 Å². The first kappa shape index (κ1) is 25.5. The number of piperazine rings is 1. The van der Waals surface area contributed by atoms with E-state index in [0.717, 1.165) is 58.2 Å². The Bertz CT molecular complexity index is 920. The number of likely N-dealkylation sites (N-methyl/N-ethyl adjacent to an activating group) is 1. The third-order valence-electron chi connectivity index (χ3n) is 6.13. The number of anilines is 2. The van der Waals surface area contributed by atoms with Crippen LogP contribution in [0.1, 0.15) is 24.3 Å². The van der Waals surface area contributed by atoms with Crippen molar-refractivity contribution in [3.63, 3.8) is 0 Å². The van der Waals surface area contributed by atoms with Crippen molar-refractivity contribution in [2.75, 3.05) is 83.9 Å². The molecule has 0 atom stereocenters. The van der Waals surface area contributed by atoms with Crippen molar-refractivity contribution in [3.8, 4) is 17.2 Å². The van der Waals surface area contributed by atoms with Gasteiger partial charge in [-0.05, 0) is 13.1 Å². The average molecular weight is 473 g/mol. The molecule has 0 radical (unpaired) electrons. The highest BCUT2D eigenvalue weighted by Gasteiger charge is 2.20. The molecule has 1 aliphatic heterocycles. The lowest BCUT2D eigenvalue weighted by Crippen LogP contribution is -2.48. The predicted octanol–water partition coefficient (Wildman–Crippen LogP) is 2.22. The van der Waals surface area contributed by atoms with E-state index in [4.69, 9.17) is 14.2 Å². The minimum absolute atomic E-state index is 0.294. The molecule has 186 valence electrons. The fraction of sp³-hybridized carbons (Fsp3) is 0.542. The predicted molar refractivity (Wildman–Crippen MR) is 133 cm³/mol. The number of aromatic nitrogens is 2. The summed E-state index contributed by atoms with van der Waals surface area (Å²) in [5.74, 6) is 1.80. The highest BCUT2D eigenvalue weighted by molar-refractivity contribution is 6.03. The summed E-state index contributed by atoms with van der Waals surface area (Å²) in [6.07, 6.45) is 1.44. The summed E-state index contributed by atoms with van der Waals surface area (Å²) >= 11 is 0. The van der Waals surface area contributed by atoms with Crippen molar-refractivity contribution in [2.24, 2.45) is 0 Å². The minimum atomic E-state index is -0.337. The van der Waals surface area contributed by atoms with Gasteiger partial charge in [-0.15, -0.1) is 0 Å². The molecule has 1 saturated heterocycles. The van der Waals surface area contributed by atoms with Gasteiger partial charge in [-0.1, -0.05) is 13.8 Å². The Kier molecular flexibility index (Phi) is 9.29. The number of ether oxygens (including phenoxy) is 3. The van der Waals surface area contributed by atoms with Crippen LogP contribution < -0.4 is 24.4 Å². The molecule has 34 heavy (non-hydrogen) atoms. The van der Waals surface area contributed by atoms with Crippen molar-refractivity contribution in [1.29, 1.82) is 0 Å². The van der Waals surface area contributed by atoms with Crippen LogP contribution in [0.15, 0.2) is 24.5 Å². The number of benzene rings is 1. The van der Waals surface area contributed by atoms with Gasteiger partial charge in [0.1, 0.15) is 17.8 Å². The first-order chi connectivity index (χ1) is 16.5. The van der Waals surface area contributed by atoms with Gasteiger partial charge in [-0.2, -0.15) is 0 Å². The summed E-state index contributed by atoms with van der Waals surface area (Å²) in [6.45, 7) is 12.4. The van der Waals surface area contributed by atoms with E-state index in [1.807, 2.05) is 0 Å². The van der Waals surface area contributed by atoms with E-state index >= 15 is 0 Å². The van der Waals surface area contributed by atoms with Crippen molar-refractivity contribution in [2.45, 2.75) is 13.8 Å². The fourth-order valence-electron chi connectivity index (χ4n) is 4.02. The maximum atomic E-state index is 12.9. The number of hydrogen-bond acceptors (Lipinski definition) is 9. The number of nitrogens with one attached hydrogen (secondary N) is 1. The third kappa shape index (κ3) is 6.27. The molecule has 10 nitrogen and oxygen atoms in total. The van der Waals surface area contributed by atoms with Crippen molar-refractivity contribution in [3.05, 3.63) is 30.2 Å². The quantitative estimate of drug-likeness (QED) is 0.528. The van der Waals surface area contributed by atoms with Crippen LogP contribution in [0.2, 0.25) is 0 Å². The maximum Gasteiger partial charge on any atom is 0.274 e. The largest absolute Gasteiger partial charge is 0.493 e. The molecule has 0 bridgehead atoms. The van der Waals surface area contributed by atoms with Crippen molar-refractivity contribution >= 4 is 17.4 Å². The Labute approximate surface area is 201 Å². The molecule has 2 heterocycles. The fourth-order valence-corrected chi connectivity index (χ4v) is 4.02. The summed E-state index contributed by atoms with van der Waals surface area (Å²) in [5, 5.41) is 2.86. The first-order valence-electron chi connectivity index (χ1n) is 11.7. The van der Waals surface area contributed by atoms with Gasteiger partial charge in [-0.25, -0.2) is 9.97 Å². The van der Waals surface area contributed by atoms with Gasteiger partial charge in [0.05, 0.1) is 21.3 Å². The van der Waals surface area contributed by atoms with Crippen LogP contribution in [0.4, 0.5) is 11.5 Å². The molecule has 1 amide bonds. The molecule has 0 saturated carbocycles. The van der Waals surface area contributed by atoms with Gasteiger partial charge in [0.2, 0.25) is 5.75 Å². The summed E-state index contributed by atoms with van der Waals surface area (Å²) in [5.41, 5.74) is 0.809. The van der Waals surface area contributed by atoms with Gasteiger partial charge in [0.25, 0.3) is 5.91 Å². The average Bonchev–Trinajstić information content (AvgIpc) is 2.89. The van der Waals surface area contributed by atoms with E-state index < -0.39 is 0 Å². The lowest BCUT2D eigenvalue weighted by molar-refractivity contribution is 0.102. The van der Waals surface area contributed by atoms with Crippen LogP contribution in [0.25, 0.3) is 0 Å². The second-order valence-corrected chi connectivity index (χ2v) is 7.99. The lowest BCUT2D eigenvalue weighted by Gasteiger charge is -2.36. The molecule has 10 heteroatoms. The number of methoxy groups -OCH3 is 3. The van der Waals surface area contributed by atoms with Gasteiger partial charge in [-0.3, -0.25) is 9.69 Å². The number of carbonyl (C=O) groups excluding carboxylic acids is 1. The van der Waals surface area contributed by atoms with E-state index in [2.05, 4.69) is 43.8 Å². The third-order valence-corrected chi connectivity index (χ3v) is 6.13. The Hall–Kier alpha value is -3.11. The van der Waals surface area contributed by atoms with Crippen molar-refractivity contribution < 1.29 is 19.0 Å². The summed E-state index contributed by atoms with van der Waals surface area (Å²) in [7, 11) is 4.60. The second-order valence-electron chi connectivity index (χ2n) is 7.99. The number of nitrogens with zero attached hydrogens (tertiary/aromatic N) is 5. The Morgan fingerprint density at radius 2 is 1.62 bits per heavy atom. The zero-order valence-electron chi connectivity index (χ0n) is 20.8. The highest BCUT2D eigenvalue weighted by Crippen LogP contribution is 2.40. The molecule has 1 fully saturated rings. The minimum Gasteiger partial charge on any atom is -0.493 e. The number of amides is 1. The van der Waals surface area contributed by atoms with Gasteiger partial charge >= 0.3 is 0 Å². The standard InChI is InChI=1S/C24H36N6O4/c1-6-28(7-2)8-9-29-10-12-30(13-11-29)22-16-19(25-17-26-22)24(31)27-18-14-20(32-3)23(34-5)21(15-18)33-4/h14-17H,6-13H2,1-5H3,(H,27,31). The molecule has 0 unspecified atom stereocenters. The lowest BCUT2D eigenvalue weighted by atomic mass is 10.2. The molecule has 0 aliphatic carbocycles. The smallest absolute Gasteiger partial charge is 0.274 e. The van der Waals surface area contributed by atoms with Gasteiger partial charge in [0, 0.05) is 63.2 Å². The van der Waals surface area contributed by atoms with E-state index in [1.165, 1.54) is 27.7 Å². The van der Waals surface area contributed by atoms with E-state index in [9.17, 15) is 4.79 Å². The van der Waals surface area contributed by atoms with Crippen LogP contribution in [0, 0.1) is 0 Å². The van der Waals surface area contributed by atoms with E-state index in [1.54, 1.807) is 18.2 Å². The monoisotopic (exact) mass is 472 g/mol. The Morgan fingerprint density at radius 3 is 2.18 bits per heavy atom. The Morgan fingerprint density at radius 1 is 0.971 bits per heavy atom. The van der Waals surface area contributed by atoms with E-state index in [0.29, 0.717) is 28.6 Å². The molecule has 1 aromatic carbocycles. The summed E-state index contributed by atoms with van der Waals surface area (Å²) in [6, 6.07) is 5.09. The zero-order chi connectivity index (χ0) is 24.5. The zero-order valence-corrected chi connectivity index (χ0v) is 20.8. The second kappa shape index (κ2) is 12.4. The molecule has 1 N–H and O–H groups in total. The van der Waals surface area contributed by atoms with E-state index in [-0.39, 0.29) is 5.91 Å². The molecule has 2 aromatic rings. The summed E-state index contributed by atoms with van der Waals surface area (Å²) in [4.78, 5) is 28.6. The number of hydrogen-bond donors (Lipinski definition) is 1. The van der Waals surface area contributed by atoms with Crippen LogP contribution in [0.3, 0.4) is 0 Å². The highest BCUT2D eigenvalue weighted by atomic mass is 16.5. The van der Waals surface area contributed by atoms with Crippen LogP contribution >= 0.6 is 0 Å². The normalized spacial score (nSPS) is 14.2. The van der Waals surface area contributed by atoms with Gasteiger partial charge < -0.3 is 29.3 Å². The molecule has 1 aliphatic rings. The van der Waals surface area contributed by atoms with Crippen LogP contribution in [-0.4, -0.2) is 99.4 Å². The van der Waals surface area contributed by atoms with Gasteiger partial charge in [0.15, 0.2) is 11.5 Å². The molecule has 3 rings (SSSR count).